The van der Waals surface area contributed by atoms with Gasteiger partial charge in [0.2, 0.25) is 0 Å². The lowest BCUT2D eigenvalue weighted by Crippen LogP contribution is -2.27. The van der Waals surface area contributed by atoms with Crippen LogP contribution in [0.15, 0.2) is 0 Å². The van der Waals surface area contributed by atoms with Crippen LogP contribution in [0.5, 0.6) is 0 Å². The molecule has 0 N–H and O–H groups in total. The SMILES string of the molecule is CC(C)CC(C)OC(=O)C(S)C(C)C. The Labute approximate surface area is 92.8 Å². The van der Waals surface area contributed by atoms with Crippen LogP contribution in [0.25, 0.3) is 0 Å². The summed E-state index contributed by atoms with van der Waals surface area (Å²) in [7, 11) is 0. The van der Waals surface area contributed by atoms with Crippen molar-refractivity contribution in [2.75, 3.05) is 0 Å². The predicted octanol–water partition coefficient (Wildman–Crippen LogP) is 2.92. The molecule has 2 atom stereocenters. The topological polar surface area (TPSA) is 26.3 Å². The zero-order valence-electron chi connectivity index (χ0n) is 9.78. The molecule has 84 valence electrons. The predicted molar refractivity (Wildman–Crippen MR) is 62.6 cm³/mol. The summed E-state index contributed by atoms with van der Waals surface area (Å²) in [6, 6.07) is 0. The molecular weight excluding hydrogens is 196 g/mol. The number of rotatable bonds is 5. The first-order chi connectivity index (χ1) is 6.34. The fraction of sp³-hybridized carbons (Fsp3) is 0.909. The molecule has 0 aromatic rings. The van der Waals surface area contributed by atoms with Gasteiger partial charge in [-0.3, -0.25) is 4.79 Å². The highest BCUT2D eigenvalue weighted by molar-refractivity contribution is 7.81. The lowest BCUT2D eigenvalue weighted by molar-refractivity contribution is -0.148. The van der Waals surface area contributed by atoms with Gasteiger partial charge in [-0.25, -0.2) is 0 Å². The van der Waals surface area contributed by atoms with Crippen LogP contribution in [0.3, 0.4) is 0 Å². The van der Waals surface area contributed by atoms with Crippen molar-refractivity contribution in [3.63, 3.8) is 0 Å². The molecule has 3 heteroatoms. The number of ether oxygens (including phenoxy) is 1. The summed E-state index contributed by atoms with van der Waals surface area (Å²) in [6.45, 7) is 10.1. The standard InChI is InChI=1S/C11H22O2S/c1-7(2)6-9(5)13-11(12)10(14)8(3)4/h7-10,14H,6H2,1-5H3. The van der Waals surface area contributed by atoms with E-state index in [2.05, 4.69) is 26.5 Å². The number of thiol groups is 1. The van der Waals surface area contributed by atoms with E-state index in [1.165, 1.54) is 0 Å². The Morgan fingerprint density at radius 2 is 1.71 bits per heavy atom. The Hall–Kier alpha value is -0.180. The Bertz CT molecular complexity index is 178. The normalized spacial score (nSPS) is 15.7. The molecule has 0 saturated carbocycles. The number of carbonyl (C=O) groups is 1. The van der Waals surface area contributed by atoms with Crippen LogP contribution in [0.4, 0.5) is 0 Å². The molecule has 0 bridgehead atoms. The van der Waals surface area contributed by atoms with Crippen molar-refractivity contribution < 1.29 is 9.53 Å². The van der Waals surface area contributed by atoms with Gasteiger partial charge in [0.25, 0.3) is 0 Å². The molecule has 0 aliphatic rings. The second kappa shape index (κ2) is 6.33. The Kier molecular flexibility index (Phi) is 6.25. The monoisotopic (exact) mass is 218 g/mol. The number of hydrogen-bond acceptors (Lipinski definition) is 3. The zero-order chi connectivity index (χ0) is 11.3. The van der Waals surface area contributed by atoms with E-state index >= 15 is 0 Å². The van der Waals surface area contributed by atoms with Gasteiger partial charge in [0, 0.05) is 0 Å². The quantitative estimate of drug-likeness (QED) is 0.567. The van der Waals surface area contributed by atoms with Crippen molar-refractivity contribution >= 4 is 18.6 Å². The molecule has 14 heavy (non-hydrogen) atoms. The van der Waals surface area contributed by atoms with E-state index in [4.69, 9.17) is 4.74 Å². The minimum absolute atomic E-state index is 0.00380. The van der Waals surface area contributed by atoms with Gasteiger partial charge in [-0.1, -0.05) is 27.7 Å². The molecule has 0 radical (unpaired) electrons. The van der Waals surface area contributed by atoms with Crippen LogP contribution in [0.1, 0.15) is 41.0 Å². The van der Waals surface area contributed by atoms with Crippen LogP contribution in [0, 0.1) is 11.8 Å². The van der Waals surface area contributed by atoms with E-state index in [9.17, 15) is 4.79 Å². The zero-order valence-corrected chi connectivity index (χ0v) is 10.7. The second-order valence-corrected chi connectivity index (χ2v) is 5.12. The maximum Gasteiger partial charge on any atom is 0.319 e. The molecule has 0 aliphatic carbocycles. The smallest absolute Gasteiger partial charge is 0.319 e. The molecule has 0 heterocycles. The Morgan fingerprint density at radius 3 is 2.07 bits per heavy atom. The van der Waals surface area contributed by atoms with Crippen molar-refractivity contribution in [3.8, 4) is 0 Å². The minimum Gasteiger partial charge on any atom is -0.462 e. The fourth-order valence-corrected chi connectivity index (χ4v) is 1.31. The van der Waals surface area contributed by atoms with Crippen LogP contribution in [-0.4, -0.2) is 17.3 Å². The maximum absolute atomic E-state index is 11.5. The summed E-state index contributed by atoms with van der Waals surface area (Å²) in [5.41, 5.74) is 0. The molecular formula is C11H22O2S. The summed E-state index contributed by atoms with van der Waals surface area (Å²) in [4.78, 5) is 11.5. The summed E-state index contributed by atoms with van der Waals surface area (Å²) in [5, 5.41) is -0.301. The highest BCUT2D eigenvalue weighted by Crippen LogP contribution is 2.14. The summed E-state index contributed by atoms with van der Waals surface area (Å²) in [5.74, 6) is 0.573. The van der Waals surface area contributed by atoms with Gasteiger partial charge in [-0.15, -0.1) is 0 Å². The first-order valence-corrected chi connectivity index (χ1v) is 5.74. The highest BCUT2D eigenvalue weighted by Gasteiger charge is 2.21. The van der Waals surface area contributed by atoms with Crippen molar-refractivity contribution in [1.82, 2.24) is 0 Å². The number of carbonyl (C=O) groups excluding carboxylic acids is 1. The van der Waals surface area contributed by atoms with Gasteiger partial charge in [0.1, 0.15) is 5.25 Å². The van der Waals surface area contributed by atoms with Gasteiger partial charge in [-0.2, -0.15) is 12.6 Å². The van der Waals surface area contributed by atoms with Gasteiger partial charge in [-0.05, 0) is 25.2 Å². The molecule has 0 aliphatic heterocycles. The van der Waals surface area contributed by atoms with Crippen LogP contribution in [-0.2, 0) is 9.53 Å². The van der Waals surface area contributed by atoms with E-state index in [0.717, 1.165) is 6.42 Å². The van der Waals surface area contributed by atoms with Gasteiger partial charge in [0.15, 0.2) is 0 Å². The molecule has 2 unspecified atom stereocenters. The lowest BCUT2D eigenvalue weighted by Gasteiger charge is -2.19. The fourth-order valence-electron chi connectivity index (χ4n) is 1.25. The van der Waals surface area contributed by atoms with Crippen molar-refractivity contribution in [3.05, 3.63) is 0 Å². The average Bonchev–Trinajstić information content (AvgIpc) is 2.00. The Balaban J connectivity index is 3.93. The van der Waals surface area contributed by atoms with E-state index in [-0.39, 0.29) is 23.2 Å². The van der Waals surface area contributed by atoms with Gasteiger partial charge < -0.3 is 4.74 Å². The summed E-state index contributed by atoms with van der Waals surface area (Å²) < 4.78 is 5.27. The lowest BCUT2D eigenvalue weighted by atomic mass is 10.1. The maximum atomic E-state index is 11.5. The van der Waals surface area contributed by atoms with Gasteiger partial charge in [0.05, 0.1) is 6.10 Å². The molecule has 0 amide bonds. The molecule has 0 rings (SSSR count). The third kappa shape index (κ3) is 5.53. The Morgan fingerprint density at radius 1 is 1.21 bits per heavy atom. The minimum atomic E-state index is -0.301. The first kappa shape index (κ1) is 13.8. The molecule has 0 aromatic carbocycles. The van der Waals surface area contributed by atoms with E-state index in [0.29, 0.717) is 5.92 Å². The third-order valence-electron chi connectivity index (χ3n) is 1.99. The molecule has 0 spiro atoms. The molecule has 0 fully saturated rings. The van der Waals surface area contributed by atoms with Crippen LogP contribution in [0.2, 0.25) is 0 Å². The third-order valence-corrected chi connectivity index (χ3v) is 2.80. The summed E-state index contributed by atoms with van der Waals surface area (Å²) >= 11 is 4.21. The largest absolute Gasteiger partial charge is 0.462 e. The van der Waals surface area contributed by atoms with E-state index in [1.807, 2.05) is 20.8 Å². The summed E-state index contributed by atoms with van der Waals surface area (Å²) in [6.07, 6.45) is 0.903. The number of hydrogen-bond donors (Lipinski definition) is 1. The second-order valence-electron chi connectivity index (χ2n) is 4.57. The number of esters is 1. The van der Waals surface area contributed by atoms with Crippen LogP contribution >= 0.6 is 12.6 Å². The van der Waals surface area contributed by atoms with Crippen molar-refractivity contribution in [2.45, 2.75) is 52.4 Å². The highest BCUT2D eigenvalue weighted by atomic mass is 32.1. The van der Waals surface area contributed by atoms with E-state index < -0.39 is 0 Å². The van der Waals surface area contributed by atoms with Gasteiger partial charge >= 0.3 is 5.97 Å². The molecule has 0 saturated heterocycles. The van der Waals surface area contributed by atoms with Crippen LogP contribution < -0.4 is 0 Å². The first-order valence-electron chi connectivity index (χ1n) is 5.23. The molecule has 0 aromatic heterocycles. The molecule has 2 nitrogen and oxygen atoms in total. The van der Waals surface area contributed by atoms with Crippen molar-refractivity contribution in [1.29, 1.82) is 0 Å². The van der Waals surface area contributed by atoms with Crippen molar-refractivity contribution in [2.24, 2.45) is 11.8 Å². The van der Waals surface area contributed by atoms with E-state index in [1.54, 1.807) is 0 Å². The average molecular weight is 218 g/mol.